The Hall–Kier alpha value is -1.82. The smallest absolute Gasteiger partial charge is 0.272 e. The van der Waals surface area contributed by atoms with Crippen LogP contribution in [0.3, 0.4) is 0 Å². The van der Waals surface area contributed by atoms with Crippen LogP contribution in [0.5, 0.6) is 0 Å². The highest BCUT2D eigenvalue weighted by molar-refractivity contribution is 5.63. The first-order chi connectivity index (χ1) is 16.3. The quantitative estimate of drug-likeness (QED) is 0.179. The van der Waals surface area contributed by atoms with Gasteiger partial charge < -0.3 is 14.2 Å². The van der Waals surface area contributed by atoms with Crippen molar-refractivity contribution in [3.8, 4) is 11.1 Å². The Morgan fingerprint density at radius 2 is 1.21 bits per heavy atom. The largest absolute Gasteiger partial charge is 0.327 e. The average molecular weight is 477 g/mol. The van der Waals surface area contributed by atoms with E-state index >= 15 is 0 Å². The highest BCUT2D eigenvalue weighted by Crippen LogP contribution is 2.30. The van der Waals surface area contributed by atoms with Crippen molar-refractivity contribution in [3.05, 3.63) is 59.7 Å². The van der Waals surface area contributed by atoms with Gasteiger partial charge in [-0.3, -0.25) is 0 Å². The van der Waals surface area contributed by atoms with E-state index in [1.54, 1.807) is 6.07 Å². The van der Waals surface area contributed by atoms with E-state index in [1.807, 2.05) is 52.0 Å². The van der Waals surface area contributed by atoms with Crippen molar-refractivity contribution in [2.24, 2.45) is 0 Å². The number of hydrogen-bond donors (Lipinski definition) is 0. The standard InChI is InChI=1S/C29H42F2O3/c1-6-7-8-9-10-11-12-13-28(34-29(32-21(2)3)33-22(4)5)24-16-14-23(15-17-24)25-18-19-26(30)27(31)20-25/h14-22,28-29H,6-13H2,1-5H3. The lowest BCUT2D eigenvalue weighted by molar-refractivity contribution is -0.328. The Kier molecular flexibility index (Phi) is 12.7. The summed E-state index contributed by atoms with van der Waals surface area (Å²) >= 11 is 0. The lowest BCUT2D eigenvalue weighted by Gasteiger charge is -2.28. The molecule has 0 aliphatic carbocycles. The molecule has 0 heterocycles. The second-order valence-electron chi connectivity index (χ2n) is 9.44. The summed E-state index contributed by atoms with van der Waals surface area (Å²) in [6.07, 6.45) is 9.20. The van der Waals surface area contributed by atoms with Crippen LogP contribution in [0.15, 0.2) is 42.5 Å². The molecule has 0 aliphatic rings. The number of unbranched alkanes of at least 4 members (excludes halogenated alkanes) is 6. The van der Waals surface area contributed by atoms with E-state index in [9.17, 15) is 8.78 Å². The molecule has 2 aromatic rings. The Balaban J connectivity index is 2.11. The Morgan fingerprint density at radius 1 is 0.647 bits per heavy atom. The SMILES string of the molecule is CCCCCCCCCC(OC(OC(C)C)OC(C)C)c1ccc(-c2ccc(F)c(F)c2)cc1. The maximum Gasteiger partial charge on any atom is 0.272 e. The summed E-state index contributed by atoms with van der Waals surface area (Å²) in [7, 11) is 0. The molecule has 0 amide bonds. The molecule has 2 rings (SSSR count). The lowest BCUT2D eigenvalue weighted by Crippen LogP contribution is -2.29. The molecule has 0 aliphatic heterocycles. The molecule has 1 unspecified atom stereocenters. The summed E-state index contributed by atoms with van der Waals surface area (Å²) in [4.78, 5) is 0. The minimum atomic E-state index is -0.846. The van der Waals surface area contributed by atoms with Gasteiger partial charge in [0.1, 0.15) is 0 Å². The molecule has 34 heavy (non-hydrogen) atoms. The van der Waals surface area contributed by atoms with Crippen LogP contribution in [0.1, 0.15) is 97.7 Å². The Morgan fingerprint density at radius 3 is 1.76 bits per heavy atom. The van der Waals surface area contributed by atoms with Gasteiger partial charge in [-0.25, -0.2) is 8.78 Å². The fraction of sp³-hybridized carbons (Fsp3) is 0.586. The normalized spacial score (nSPS) is 12.8. The van der Waals surface area contributed by atoms with Crippen molar-refractivity contribution >= 4 is 0 Å². The van der Waals surface area contributed by atoms with E-state index in [4.69, 9.17) is 14.2 Å². The molecule has 3 nitrogen and oxygen atoms in total. The lowest BCUT2D eigenvalue weighted by atomic mass is 9.98. The van der Waals surface area contributed by atoms with Crippen LogP contribution in [-0.2, 0) is 14.2 Å². The maximum atomic E-state index is 13.7. The average Bonchev–Trinajstić information content (AvgIpc) is 2.79. The summed E-state index contributed by atoms with van der Waals surface area (Å²) in [5.74, 6) is -1.69. The maximum absolute atomic E-state index is 13.7. The molecular formula is C29H42F2O3. The van der Waals surface area contributed by atoms with Crippen molar-refractivity contribution < 1.29 is 23.0 Å². The van der Waals surface area contributed by atoms with Gasteiger partial charge >= 0.3 is 0 Å². The zero-order chi connectivity index (χ0) is 24.9. The molecular weight excluding hydrogens is 434 g/mol. The monoisotopic (exact) mass is 476 g/mol. The van der Waals surface area contributed by atoms with Gasteiger partial charge in [0.15, 0.2) is 11.6 Å². The molecule has 0 spiro atoms. The fourth-order valence-corrected chi connectivity index (χ4v) is 3.84. The van der Waals surface area contributed by atoms with E-state index in [1.165, 1.54) is 38.2 Å². The Bertz CT molecular complexity index is 811. The third-order valence-corrected chi connectivity index (χ3v) is 5.65. The molecule has 190 valence electrons. The van der Waals surface area contributed by atoms with Gasteiger partial charge in [0.05, 0.1) is 18.3 Å². The molecule has 0 radical (unpaired) electrons. The fourth-order valence-electron chi connectivity index (χ4n) is 3.84. The zero-order valence-corrected chi connectivity index (χ0v) is 21.5. The second-order valence-corrected chi connectivity index (χ2v) is 9.44. The van der Waals surface area contributed by atoms with Gasteiger partial charge in [-0.2, -0.15) is 0 Å². The minimum Gasteiger partial charge on any atom is -0.327 e. The topological polar surface area (TPSA) is 27.7 Å². The minimum absolute atomic E-state index is 0.0290. The first-order valence-corrected chi connectivity index (χ1v) is 12.8. The molecule has 5 heteroatoms. The summed E-state index contributed by atoms with van der Waals surface area (Å²) in [6, 6.07) is 11.8. The van der Waals surface area contributed by atoms with Crippen molar-refractivity contribution in [1.29, 1.82) is 0 Å². The predicted octanol–water partition coefficient (Wildman–Crippen LogP) is 8.96. The van der Waals surface area contributed by atoms with Crippen molar-refractivity contribution in [3.63, 3.8) is 0 Å². The van der Waals surface area contributed by atoms with Crippen LogP contribution in [0.2, 0.25) is 0 Å². The van der Waals surface area contributed by atoms with E-state index in [2.05, 4.69) is 6.92 Å². The van der Waals surface area contributed by atoms with E-state index in [-0.39, 0.29) is 18.3 Å². The van der Waals surface area contributed by atoms with Gasteiger partial charge in [0.2, 0.25) is 0 Å². The summed E-state index contributed by atoms with van der Waals surface area (Å²) in [5.41, 5.74) is 2.48. The van der Waals surface area contributed by atoms with Gasteiger partial charge in [0, 0.05) is 0 Å². The van der Waals surface area contributed by atoms with Crippen molar-refractivity contribution in [2.45, 2.75) is 111 Å². The number of rotatable bonds is 16. The molecule has 0 saturated carbocycles. The third-order valence-electron chi connectivity index (χ3n) is 5.65. The van der Waals surface area contributed by atoms with Gasteiger partial charge in [-0.1, -0.05) is 82.2 Å². The third kappa shape index (κ3) is 10.2. The van der Waals surface area contributed by atoms with Crippen LogP contribution in [-0.4, -0.2) is 18.7 Å². The van der Waals surface area contributed by atoms with E-state index in [0.717, 1.165) is 36.5 Å². The van der Waals surface area contributed by atoms with Crippen LogP contribution < -0.4 is 0 Å². The number of hydrogen-bond acceptors (Lipinski definition) is 3. The van der Waals surface area contributed by atoms with E-state index < -0.39 is 18.1 Å². The van der Waals surface area contributed by atoms with Crippen molar-refractivity contribution in [2.75, 3.05) is 0 Å². The van der Waals surface area contributed by atoms with Crippen molar-refractivity contribution in [1.82, 2.24) is 0 Å². The summed E-state index contributed by atoms with van der Waals surface area (Å²) in [5, 5.41) is 0. The molecule has 2 aromatic carbocycles. The van der Waals surface area contributed by atoms with Crippen LogP contribution in [0.25, 0.3) is 11.1 Å². The first-order valence-electron chi connectivity index (χ1n) is 12.8. The van der Waals surface area contributed by atoms with Crippen LogP contribution >= 0.6 is 0 Å². The van der Waals surface area contributed by atoms with Gasteiger partial charge in [-0.15, -0.1) is 0 Å². The molecule has 1 atom stereocenters. The van der Waals surface area contributed by atoms with Gasteiger partial charge in [0.25, 0.3) is 6.48 Å². The van der Waals surface area contributed by atoms with Crippen LogP contribution in [0, 0.1) is 11.6 Å². The first kappa shape index (κ1) is 28.4. The van der Waals surface area contributed by atoms with Crippen LogP contribution in [0.4, 0.5) is 8.78 Å². The molecule has 0 fully saturated rings. The zero-order valence-electron chi connectivity index (χ0n) is 21.5. The number of benzene rings is 2. The summed E-state index contributed by atoms with van der Waals surface area (Å²) < 4.78 is 45.1. The predicted molar refractivity (Wildman–Crippen MR) is 134 cm³/mol. The summed E-state index contributed by atoms with van der Waals surface area (Å²) in [6.45, 7) is 9.32. The number of halogens is 2. The molecule has 0 N–H and O–H groups in total. The van der Waals surface area contributed by atoms with Gasteiger partial charge in [-0.05, 0) is 62.9 Å². The molecule has 0 bridgehead atoms. The molecule has 0 aromatic heterocycles. The van der Waals surface area contributed by atoms with E-state index in [0.29, 0.717) is 5.56 Å². The highest BCUT2D eigenvalue weighted by atomic mass is 19.2. The Labute approximate surface area is 204 Å². The number of ether oxygens (including phenoxy) is 3. The molecule has 0 saturated heterocycles. The second kappa shape index (κ2) is 15.2. The highest BCUT2D eigenvalue weighted by Gasteiger charge is 2.22.